The van der Waals surface area contributed by atoms with E-state index in [1.54, 1.807) is 48.5 Å². The number of nitrogens with one attached hydrogen (secondary N) is 1. The Morgan fingerprint density at radius 3 is 1.96 bits per heavy atom. The summed E-state index contributed by atoms with van der Waals surface area (Å²) >= 11 is 0. The first-order valence-electron chi connectivity index (χ1n) is 7.54. The molecular weight excluding hydrogens is 302 g/mol. The molecule has 23 heavy (non-hydrogen) atoms. The number of alkyl carbamates (subject to hydrolysis) is 1. The van der Waals surface area contributed by atoms with Crippen molar-refractivity contribution in [1.29, 1.82) is 0 Å². The first-order chi connectivity index (χ1) is 10.3. The van der Waals surface area contributed by atoms with E-state index in [-0.39, 0.29) is 26.0 Å². The highest BCUT2D eigenvalue weighted by Crippen LogP contribution is 2.17. The number of esters is 1. The molecule has 0 aliphatic carbocycles. The Morgan fingerprint density at radius 1 is 0.957 bits per heavy atom. The summed E-state index contributed by atoms with van der Waals surface area (Å²) in [6, 6.07) is 0. The smallest absolute Gasteiger partial charge is 0.408 e. The first kappa shape index (κ1) is 21.7. The maximum Gasteiger partial charge on any atom is 0.408 e. The largest absolute Gasteiger partial charge is 0.463 e. The predicted octanol–water partition coefficient (Wildman–Crippen LogP) is 2.48. The first-order valence-corrected chi connectivity index (χ1v) is 7.54. The van der Waals surface area contributed by atoms with E-state index in [9.17, 15) is 9.59 Å². The second kappa shape index (κ2) is 8.49. The van der Waals surface area contributed by atoms with Gasteiger partial charge >= 0.3 is 12.1 Å². The third kappa shape index (κ3) is 10.1. The van der Waals surface area contributed by atoms with Gasteiger partial charge in [-0.2, -0.15) is 0 Å². The summed E-state index contributed by atoms with van der Waals surface area (Å²) in [5, 5.41) is 2.70. The molecule has 136 valence electrons. The molecule has 0 aromatic heterocycles. The second-order valence-electron chi connectivity index (χ2n) is 7.77. The molecule has 0 fully saturated rings. The quantitative estimate of drug-likeness (QED) is 0.438. The van der Waals surface area contributed by atoms with Crippen LogP contribution in [0, 0.1) is 5.41 Å². The SMILES string of the molecule is COCOC[C@](C)(COC(=O)C(C)(C)C)NC(=O)OC(C)(C)C. The lowest BCUT2D eigenvalue weighted by Gasteiger charge is -2.32. The van der Waals surface area contributed by atoms with Crippen LogP contribution in [-0.2, 0) is 23.7 Å². The molecule has 0 radical (unpaired) electrons. The molecule has 0 aromatic rings. The van der Waals surface area contributed by atoms with Crippen molar-refractivity contribution in [2.24, 2.45) is 5.41 Å². The summed E-state index contributed by atoms with van der Waals surface area (Å²) in [6.45, 7) is 12.4. The van der Waals surface area contributed by atoms with Crippen LogP contribution in [0.5, 0.6) is 0 Å². The summed E-state index contributed by atoms with van der Waals surface area (Å²) < 4.78 is 20.7. The van der Waals surface area contributed by atoms with Gasteiger partial charge in [0.2, 0.25) is 0 Å². The monoisotopic (exact) mass is 333 g/mol. The molecule has 7 heteroatoms. The van der Waals surface area contributed by atoms with Gasteiger partial charge in [-0.05, 0) is 48.5 Å². The van der Waals surface area contributed by atoms with Crippen molar-refractivity contribution in [3.63, 3.8) is 0 Å². The molecule has 0 aliphatic rings. The molecule has 0 heterocycles. The third-order valence-corrected chi connectivity index (χ3v) is 2.56. The van der Waals surface area contributed by atoms with E-state index < -0.39 is 22.6 Å². The highest BCUT2D eigenvalue weighted by Gasteiger charge is 2.33. The fraction of sp³-hybridized carbons (Fsp3) is 0.875. The molecule has 0 aromatic carbocycles. The maximum atomic E-state index is 12.0. The van der Waals surface area contributed by atoms with E-state index in [0.29, 0.717) is 0 Å². The van der Waals surface area contributed by atoms with E-state index in [4.69, 9.17) is 18.9 Å². The molecule has 0 saturated heterocycles. The Balaban J connectivity index is 4.81. The van der Waals surface area contributed by atoms with Crippen LogP contribution < -0.4 is 5.32 Å². The van der Waals surface area contributed by atoms with Crippen molar-refractivity contribution >= 4 is 12.1 Å². The van der Waals surface area contributed by atoms with Crippen molar-refractivity contribution in [1.82, 2.24) is 5.32 Å². The average Bonchev–Trinajstić information content (AvgIpc) is 2.32. The van der Waals surface area contributed by atoms with E-state index in [1.807, 2.05) is 0 Å². The van der Waals surface area contributed by atoms with E-state index in [0.717, 1.165) is 0 Å². The minimum Gasteiger partial charge on any atom is -0.463 e. The third-order valence-electron chi connectivity index (χ3n) is 2.56. The van der Waals surface area contributed by atoms with Crippen molar-refractivity contribution < 1.29 is 28.5 Å². The van der Waals surface area contributed by atoms with Gasteiger partial charge in [-0.1, -0.05) is 0 Å². The van der Waals surface area contributed by atoms with Crippen LogP contribution >= 0.6 is 0 Å². The van der Waals surface area contributed by atoms with Gasteiger partial charge in [-0.15, -0.1) is 0 Å². The van der Waals surface area contributed by atoms with Crippen LogP contribution in [0.1, 0.15) is 48.5 Å². The van der Waals surface area contributed by atoms with Gasteiger partial charge in [0.15, 0.2) is 0 Å². The molecule has 1 N–H and O–H groups in total. The van der Waals surface area contributed by atoms with Gasteiger partial charge in [0.05, 0.1) is 17.6 Å². The summed E-state index contributed by atoms with van der Waals surface area (Å²) in [6.07, 6.45) is -0.604. The van der Waals surface area contributed by atoms with Gasteiger partial charge in [-0.3, -0.25) is 4.79 Å². The lowest BCUT2D eigenvalue weighted by atomic mass is 9.97. The van der Waals surface area contributed by atoms with E-state index in [1.165, 1.54) is 7.11 Å². The Morgan fingerprint density at radius 2 is 1.52 bits per heavy atom. The van der Waals surface area contributed by atoms with Crippen LogP contribution in [0.15, 0.2) is 0 Å². The number of carbonyl (C=O) groups excluding carboxylic acids is 2. The summed E-state index contributed by atoms with van der Waals surface area (Å²) in [7, 11) is 1.50. The minimum atomic E-state index is -0.929. The maximum absolute atomic E-state index is 12.0. The highest BCUT2D eigenvalue weighted by atomic mass is 16.7. The normalized spacial score (nSPS) is 14.8. The molecule has 1 atom stereocenters. The zero-order valence-corrected chi connectivity index (χ0v) is 15.6. The number of amides is 1. The van der Waals surface area contributed by atoms with Gasteiger partial charge in [0.25, 0.3) is 0 Å². The fourth-order valence-electron chi connectivity index (χ4n) is 1.46. The molecule has 7 nitrogen and oxygen atoms in total. The molecule has 0 saturated carbocycles. The lowest BCUT2D eigenvalue weighted by Crippen LogP contribution is -2.54. The minimum absolute atomic E-state index is 0.0357. The van der Waals surface area contributed by atoms with Crippen LogP contribution in [0.3, 0.4) is 0 Å². The lowest BCUT2D eigenvalue weighted by molar-refractivity contribution is -0.156. The average molecular weight is 333 g/mol. The van der Waals surface area contributed by atoms with Crippen molar-refractivity contribution in [2.75, 3.05) is 27.1 Å². The predicted molar refractivity (Wildman–Crippen MR) is 86.0 cm³/mol. The summed E-state index contributed by atoms with van der Waals surface area (Å²) in [5.74, 6) is -0.360. The van der Waals surface area contributed by atoms with Crippen LogP contribution in [0.4, 0.5) is 4.79 Å². The molecule has 0 unspecified atom stereocenters. The summed E-state index contributed by atoms with van der Waals surface area (Å²) in [4.78, 5) is 23.9. The van der Waals surface area contributed by atoms with Gasteiger partial charge < -0.3 is 24.3 Å². The van der Waals surface area contributed by atoms with E-state index in [2.05, 4.69) is 5.32 Å². The number of ether oxygens (including phenoxy) is 4. The van der Waals surface area contributed by atoms with Gasteiger partial charge in [0.1, 0.15) is 19.0 Å². The Labute approximate surface area is 139 Å². The number of carbonyl (C=O) groups is 2. The molecular formula is C16H31NO6. The molecule has 0 spiro atoms. The zero-order valence-electron chi connectivity index (χ0n) is 15.6. The standard InChI is InChI=1S/C16H31NO6/c1-14(2,3)12(18)22-10-16(7,9-21-11-20-8)17-13(19)23-15(4,5)6/h9-11H2,1-8H3,(H,17,19)/t16-/m1/s1. The van der Waals surface area contributed by atoms with Crippen molar-refractivity contribution in [2.45, 2.75) is 59.6 Å². The second-order valence-corrected chi connectivity index (χ2v) is 7.77. The molecule has 0 aliphatic heterocycles. The summed E-state index contributed by atoms with van der Waals surface area (Å²) in [5.41, 5.74) is -2.18. The van der Waals surface area contributed by atoms with E-state index >= 15 is 0 Å². The highest BCUT2D eigenvalue weighted by molar-refractivity contribution is 5.75. The Hall–Kier alpha value is -1.34. The number of rotatable bonds is 7. The molecule has 0 bridgehead atoms. The topological polar surface area (TPSA) is 83.1 Å². The van der Waals surface area contributed by atoms with Gasteiger partial charge in [-0.25, -0.2) is 4.79 Å². The molecule has 1 amide bonds. The Kier molecular flexibility index (Phi) is 8.00. The number of methoxy groups -OCH3 is 1. The number of hydrogen-bond donors (Lipinski definition) is 1. The van der Waals surface area contributed by atoms with Crippen LogP contribution in [-0.4, -0.2) is 50.3 Å². The molecule has 0 rings (SSSR count). The van der Waals surface area contributed by atoms with Crippen LogP contribution in [0.25, 0.3) is 0 Å². The van der Waals surface area contributed by atoms with Crippen molar-refractivity contribution in [3.05, 3.63) is 0 Å². The fourth-order valence-corrected chi connectivity index (χ4v) is 1.46. The zero-order chi connectivity index (χ0) is 18.3. The Bertz CT molecular complexity index is 396. The van der Waals surface area contributed by atoms with Crippen LogP contribution in [0.2, 0.25) is 0 Å². The van der Waals surface area contributed by atoms with Crippen molar-refractivity contribution in [3.8, 4) is 0 Å². The number of hydrogen-bond acceptors (Lipinski definition) is 6. The van der Waals surface area contributed by atoms with Gasteiger partial charge in [0, 0.05) is 7.11 Å².